The molecule has 3 N–H and O–H groups in total. The van der Waals surface area contributed by atoms with Crippen LogP contribution < -0.4 is 10.6 Å². The molecule has 0 saturated heterocycles. The molecule has 0 aliphatic carbocycles. The predicted octanol–water partition coefficient (Wildman–Crippen LogP) is 2.48. The first-order chi connectivity index (χ1) is 9.54. The van der Waals surface area contributed by atoms with Gasteiger partial charge >= 0.3 is 5.97 Å². The minimum Gasteiger partial charge on any atom is -0.477 e. The van der Waals surface area contributed by atoms with Crippen molar-refractivity contribution in [2.24, 2.45) is 0 Å². The lowest BCUT2D eigenvalue weighted by atomic mass is 10.2. The van der Waals surface area contributed by atoms with E-state index in [1.807, 2.05) is 6.07 Å². The average Bonchev–Trinajstić information content (AvgIpc) is 2.38. The number of amides is 1. The molecule has 0 bridgehead atoms. The van der Waals surface area contributed by atoms with E-state index in [1.165, 1.54) is 19.2 Å². The minimum atomic E-state index is -1.08. The molecule has 1 aromatic heterocycles. The summed E-state index contributed by atoms with van der Waals surface area (Å²) in [5.74, 6) is -1.24. The molecule has 1 amide bonds. The highest BCUT2D eigenvalue weighted by atomic mass is 16.4. The number of hydrogen-bond donors (Lipinski definition) is 3. The zero-order chi connectivity index (χ0) is 14.5. The van der Waals surface area contributed by atoms with Crippen LogP contribution in [0.4, 0.5) is 17.1 Å². The third kappa shape index (κ3) is 3.55. The Morgan fingerprint density at radius 3 is 2.50 bits per heavy atom. The summed E-state index contributed by atoms with van der Waals surface area (Å²) in [6, 6.07) is 10.2. The van der Waals surface area contributed by atoms with E-state index in [0.717, 1.165) is 5.69 Å². The summed E-state index contributed by atoms with van der Waals surface area (Å²) in [5.41, 5.74) is 1.97. The van der Waals surface area contributed by atoms with Gasteiger partial charge in [-0.25, -0.2) is 9.78 Å². The molecule has 2 rings (SSSR count). The molecule has 102 valence electrons. The lowest BCUT2D eigenvalue weighted by Gasteiger charge is -2.09. The summed E-state index contributed by atoms with van der Waals surface area (Å²) in [6.45, 7) is 1.43. The van der Waals surface area contributed by atoms with E-state index in [-0.39, 0.29) is 11.6 Å². The Bertz CT molecular complexity index is 656. The Balaban J connectivity index is 2.19. The molecule has 1 heterocycles. The van der Waals surface area contributed by atoms with Crippen LogP contribution in [0.1, 0.15) is 17.4 Å². The molecule has 0 spiro atoms. The van der Waals surface area contributed by atoms with Gasteiger partial charge in [-0.3, -0.25) is 4.79 Å². The predicted molar refractivity (Wildman–Crippen MR) is 75.2 cm³/mol. The van der Waals surface area contributed by atoms with Crippen molar-refractivity contribution in [3.63, 3.8) is 0 Å². The number of carbonyl (C=O) groups excluding carboxylic acids is 1. The zero-order valence-corrected chi connectivity index (χ0v) is 10.8. The SMILES string of the molecule is CC(=O)Nc1cccc(Nc2ccnc(C(=O)O)c2)c1. The first-order valence-corrected chi connectivity index (χ1v) is 5.88. The highest BCUT2D eigenvalue weighted by molar-refractivity contribution is 5.89. The second-order valence-electron chi connectivity index (χ2n) is 4.12. The summed E-state index contributed by atoms with van der Waals surface area (Å²) >= 11 is 0. The Kier molecular flexibility index (Phi) is 3.95. The van der Waals surface area contributed by atoms with Crippen LogP contribution in [0.3, 0.4) is 0 Å². The fraction of sp³-hybridized carbons (Fsp3) is 0.0714. The van der Waals surface area contributed by atoms with Crippen LogP contribution in [0.5, 0.6) is 0 Å². The fourth-order valence-corrected chi connectivity index (χ4v) is 1.67. The highest BCUT2D eigenvalue weighted by Gasteiger charge is 2.05. The number of carboxylic acid groups (broad SMARTS) is 1. The van der Waals surface area contributed by atoms with E-state index >= 15 is 0 Å². The Morgan fingerprint density at radius 2 is 1.80 bits per heavy atom. The van der Waals surface area contributed by atoms with Gasteiger partial charge in [-0.1, -0.05) is 6.07 Å². The number of benzene rings is 1. The summed E-state index contributed by atoms with van der Waals surface area (Å²) in [7, 11) is 0. The van der Waals surface area contributed by atoms with Crippen LogP contribution in [-0.2, 0) is 4.79 Å². The van der Waals surface area contributed by atoms with Crippen LogP contribution in [0.15, 0.2) is 42.6 Å². The van der Waals surface area contributed by atoms with Gasteiger partial charge in [-0.2, -0.15) is 0 Å². The third-order valence-corrected chi connectivity index (χ3v) is 2.45. The van der Waals surface area contributed by atoms with Crippen molar-refractivity contribution in [3.8, 4) is 0 Å². The number of aromatic carboxylic acids is 1. The first-order valence-electron chi connectivity index (χ1n) is 5.88. The van der Waals surface area contributed by atoms with Crippen LogP contribution in [0, 0.1) is 0 Å². The van der Waals surface area contributed by atoms with Gasteiger partial charge in [-0.05, 0) is 30.3 Å². The van der Waals surface area contributed by atoms with E-state index in [4.69, 9.17) is 5.11 Å². The van der Waals surface area contributed by atoms with Gasteiger partial charge in [0.15, 0.2) is 0 Å². The van der Waals surface area contributed by atoms with Crippen LogP contribution in [0.25, 0.3) is 0 Å². The normalized spacial score (nSPS) is 9.85. The molecule has 1 aromatic carbocycles. The van der Waals surface area contributed by atoms with Gasteiger partial charge in [0, 0.05) is 30.2 Å². The average molecular weight is 271 g/mol. The largest absolute Gasteiger partial charge is 0.477 e. The van der Waals surface area contributed by atoms with Crippen LogP contribution in [0.2, 0.25) is 0 Å². The fourth-order valence-electron chi connectivity index (χ4n) is 1.67. The summed E-state index contributed by atoms with van der Waals surface area (Å²) < 4.78 is 0. The third-order valence-electron chi connectivity index (χ3n) is 2.45. The number of nitrogens with zero attached hydrogens (tertiary/aromatic N) is 1. The quantitative estimate of drug-likeness (QED) is 0.794. The van der Waals surface area contributed by atoms with Crippen molar-refractivity contribution in [2.75, 3.05) is 10.6 Å². The maximum Gasteiger partial charge on any atom is 0.354 e. The molecule has 20 heavy (non-hydrogen) atoms. The van der Waals surface area contributed by atoms with Crippen LogP contribution in [-0.4, -0.2) is 22.0 Å². The first kappa shape index (κ1) is 13.5. The molecule has 6 heteroatoms. The van der Waals surface area contributed by atoms with E-state index in [9.17, 15) is 9.59 Å². The van der Waals surface area contributed by atoms with Crippen molar-refractivity contribution in [1.82, 2.24) is 4.98 Å². The van der Waals surface area contributed by atoms with E-state index in [1.54, 1.807) is 24.3 Å². The lowest BCUT2D eigenvalue weighted by molar-refractivity contribution is -0.114. The highest BCUT2D eigenvalue weighted by Crippen LogP contribution is 2.20. The topological polar surface area (TPSA) is 91.3 Å². The Labute approximate surface area is 115 Å². The monoisotopic (exact) mass is 271 g/mol. The molecule has 0 aliphatic heterocycles. The molecule has 0 unspecified atom stereocenters. The number of carboxylic acids is 1. The molecule has 2 aromatic rings. The molecule has 0 aliphatic rings. The number of pyridine rings is 1. The van der Waals surface area contributed by atoms with Gasteiger partial charge < -0.3 is 15.7 Å². The van der Waals surface area contributed by atoms with Gasteiger partial charge in [0.25, 0.3) is 0 Å². The van der Waals surface area contributed by atoms with E-state index in [0.29, 0.717) is 11.4 Å². The molecule has 0 radical (unpaired) electrons. The Hall–Kier alpha value is -2.89. The number of aromatic nitrogens is 1. The number of rotatable bonds is 4. The van der Waals surface area contributed by atoms with Crippen LogP contribution >= 0.6 is 0 Å². The van der Waals surface area contributed by atoms with Crippen molar-refractivity contribution in [2.45, 2.75) is 6.92 Å². The van der Waals surface area contributed by atoms with Crippen molar-refractivity contribution in [1.29, 1.82) is 0 Å². The molecule has 6 nitrogen and oxygen atoms in total. The smallest absolute Gasteiger partial charge is 0.354 e. The van der Waals surface area contributed by atoms with Crippen molar-refractivity contribution in [3.05, 3.63) is 48.3 Å². The van der Waals surface area contributed by atoms with Gasteiger partial charge in [0.05, 0.1) is 0 Å². The number of anilines is 3. The number of hydrogen-bond acceptors (Lipinski definition) is 4. The maximum absolute atomic E-state index is 11.0. The van der Waals surface area contributed by atoms with Crippen molar-refractivity contribution < 1.29 is 14.7 Å². The van der Waals surface area contributed by atoms with Gasteiger partial charge in [-0.15, -0.1) is 0 Å². The summed E-state index contributed by atoms with van der Waals surface area (Å²) in [6.07, 6.45) is 1.42. The molecular formula is C14H13N3O3. The van der Waals surface area contributed by atoms with Crippen molar-refractivity contribution >= 4 is 28.9 Å². The van der Waals surface area contributed by atoms with Gasteiger partial charge in [0.2, 0.25) is 5.91 Å². The Morgan fingerprint density at radius 1 is 1.10 bits per heavy atom. The molecule has 0 atom stereocenters. The minimum absolute atomic E-state index is 0.0342. The summed E-state index contributed by atoms with van der Waals surface area (Å²) in [4.78, 5) is 25.6. The number of carbonyl (C=O) groups is 2. The van der Waals surface area contributed by atoms with E-state index < -0.39 is 5.97 Å². The van der Waals surface area contributed by atoms with E-state index in [2.05, 4.69) is 15.6 Å². The summed E-state index contributed by atoms with van der Waals surface area (Å²) in [5, 5.41) is 14.6. The standard InChI is InChI=1S/C14H13N3O3/c1-9(18)16-10-3-2-4-11(7-10)17-12-5-6-15-13(8-12)14(19)20/h2-8H,1H3,(H,15,17)(H,16,18)(H,19,20). The molecule has 0 saturated carbocycles. The second-order valence-corrected chi connectivity index (χ2v) is 4.12. The van der Waals surface area contributed by atoms with Gasteiger partial charge in [0.1, 0.15) is 5.69 Å². The lowest BCUT2D eigenvalue weighted by Crippen LogP contribution is -2.06. The zero-order valence-electron chi connectivity index (χ0n) is 10.8. The molecular weight excluding hydrogens is 258 g/mol. The number of nitrogens with one attached hydrogen (secondary N) is 2. The maximum atomic E-state index is 11.0. The molecule has 0 fully saturated rings. The second kappa shape index (κ2) is 5.83.